The Morgan fingerprint density at radius 3 is 2.48 bits per heavy atom. The monoisotopic (exact) mass is 373 g/mol. The maximum Gasteiger partial charge on any atom is 0.270 e. The van der Waals surface area contributed by atoms with Gasteiger partial charge in [-0.3, -0.25) is 10.1 Å². The maximum absolute atomic E-state index is 13.1. The number of hydrogen-bond donors (Lipinski definition) is 0. The van der Waals surface area contributed by atoms with Gasteiger partial charge in [0.05, 0.1) is 15.6 Å². The molecule has 0 fully saturated rings. The van der Waals surface area contributed by atoms with Gasteiger partial charge >= 0.3 is 0 Å². The molecule has 0 radical (unpaired) electrons. The topological polar surface area (TPSA) is 77.3 Å². The van der Waals surface area contributed by atoms with E-state index in [0.29, 0.717) is 10.0 Å². The molecule has 0 N–H and O–H groups in total. The van der Waals surface area contributed by atoms with Gasteiger partial charge in [-0.2, -0.15) is 0 Å². The van der Waals surface area contributed by atoms with Crippen LogP contribution >= 0.6 is 15.9 Å². The van der Waals surface area contributed by atoms with Crippen molar-refractivity contribution in [3.8, 4) is 0 Å². The molecule has 8 heteroatoms. The molecule has 0 saturated heterocycles. The first-order valence-electron chi connectivity index (χ1n) is 5.71. The Bertz CT molecular complexity index is 808. The van der Waals surface area contributed by atoms with E-state index in [9.17, 15) is 22.9 Å². The molecule has 110 valence electrons. The van der Waals surface area contributed by atoms with E-state index in [0.717, 1.165) is 12.1 Å². The van der Waals surface area contributed by atoms with Crippen LogP contribution in [0.3, 0.4) is 0 Å². The fourth-order valence-electron chi connectivity index (χ4n) is 1.72. The van der Waals surface area contributed by atoms with Crippen LogP contribution in [0.1, 0.15) is 5.56 Å². The molecule has 0 aliphatic heterocycles. The molecule has 0 unspecified atom stereocenters. The molecule has 0 atom stereocenters. The highest BCUT2D eigenvalue weighted by atomic mass is 79.9. The van der Waals surface area contributed by atoms with Gasteiger partial charge in [0.25, 0.3) is 5.69 Å². The zero-order valence-electron chi connectivity index (χ0n) is 10.5. The predicted octanol–water partition coefficient (Wildman–Crippen LogP) is 3.47. The Kier molecular flexibility index (Phi) is 4.38. The summed E-state index contributed by atoms with van der Waals surface area (Å²) in [6.45, 7) is 0. The molecule has 5 nitrogen and oxygen atoms in total. The Balaban J connectivity index is 2.35. The molecule has 2 aromatic rings. The van der Waals surface area contributed by atoms with Gasteiger partial charge in [-0.15, -0.1) is 0 Å². The van der Waals surface area contributed by atoms with Crippen LogP contribution in [0.15, 0.2) is 51.8 Å². The lowest BCUT2D eigenvalue weighted by atomic mass is 10.2. The number of halogens is 2. The van der Waals surface area contributed by atoms with E-state index in [4.69, 9.17) is 0 Å². The summed E-state index contributed by atoms with van der Waals surface area (Å²) in [6, 6.07) is 8.52. The summed E-state index contributed by atoms with van der Waals surface area (Å²) in [4.78, 5) is 9.93. The van der Waals surface area contributed by atoms with Crippen LogP contribution in [0.25, 0.3) is 0 Å². The first-order valence-corrected chi connectivity index (χ1v) is 8.15. The molecule has 2 aromatic carbocycles. The largest absolute Gasteiger partial charge is 0.270 e. The number of benzene rings is 2. The lowest BCUT2D eigenvalue weighted by molar-refractivity contribution is -0.384. The Hall–Kier alpha value is -1.80. The third-order valence-corrected chi connectivity index (χ3v) is 5.15. The van der Waals surface area contributed by atoms with Gasteiger partial charge in [0.2, 0.25) is 0 Å². The molecule has 21 heavy (non-hydrogen) atoms. The van der Waals surface area contributed by atoms with Gasteiger partial charge in [0.1, 0.15) is 5.82 Å². The third kappa shape index (κ3) is 3.64. The first kappa shape index (κ1) is 15.6. The second-order valence-electron chi connectivity index (χ2n) is 4.25. The van der Waals surface area contributed by atoms with Gasteiger partial charge in [-0.1, -0.05) is 28.1 Å². The minimum atomic E-state index is -3.73. The smallest absolute Gasteiger partial charge is 0.258 e. The fourth-order valence-corrected chi connectivity index (χ4v) is 3.81. The highest BCUT2D eigenvalue weighted by molar-refractivity contribution is 9.10. The van der Waals surface area contributed by atoms with Crippen LogP contribution in [-0.4, -0.2) is 13.3 Å². The third-order valence-electron chi connectivity index (χ3n) is 2.75. The first-order chi connectivity index (χ1) is 9.79. The Labute approximate surface area is 128 Å². The van der Waals surface area contributed by atoms with Crippen molar-refractivity contribution in [3.05, 3.63) is 68.4 Å². The van der Waals surface area contributed by atoms with Crippen molar-refractivity contribution in [1.29, 1.82) is 0 Å². The summed E-state index contributed by atoms with van der Waals surface area (Å²) in [5.74, 6) is -1.02. The van der Waals surface area contributed by atoms with Crippen molar-refractivity contribution in [3.63, 3.8) is 0 Å². The van der Waals surface area contributed by atoms with Crippen molar-refractivity contribution < 1.29 is 17.7 Å². The average molecular weight is 374 g/mol. The number of nitrogens with zero attached hydrogens (tertiary/aromatic N) is 1. The van der Waals surface area contributed by atoms with E-state index >= 15 is 0 Å². The maximum atomic E-state index is 13.1. The minimum Gasteiger partial charge on any atom is -0.258 e. The molecule has 0 spiro atoms. The molecule has 0 aliphatic rings. The van der Waals surface area contributed by atoms with Crippen molar-refractivity contribution in [2.45, 2.75) is 10.6 Å². The van der Waals surface area contributed by atoms with Crippen molar-refractivity contribution in [2.24, 2.45) is 0 Å². The molecule has 0 amide bonds. The molecule has 2 rings (SSSR count). The lowest BCUT2D eigenvalue weighted by Crippen LogP contribution is -2.06. The summed E-state index contributed by atoms with van der Waals surface area (Å²) in [5, 5.41) is 10.6. The second-order valence-corrected chi connectivity index (χ2v) is 7.09. The zero-order valence-corrected chi connectivity index (χ0v) is 12.9. The van der Waals surface area contributed by atoms with Gasteiger partial charge in [0.15, 0.2) is 9.84 Å². The number of non-ortho nitro benzene ring substituents is 1. The lowest BCUT2D eigenvalue weighted by Gasteiger charge is -2.07. The van der Waals surface area contributed by atoms with E-state index in [1.165, 1.54) is 30.3 Å². The van der Waals surface area contributed by atoms with Crippen LogP contribution in [0.2, 0.25) is 0 Å². The van der Waals surface area contributed by atoms with Crippen LogP contribution in [0.5, 0.6) is 0 Å². The second kappa shape index (κ2) is 5.90. The molecular weight excluding hydrogens is 365 g/mol. The van der Waals surface area contributed by atoms with Gasteiger partial charge < -0.3 is 0 Å². The van der Waals surface area contributed by atoms with E-state index in [1.807, 2.05) is 0 Å². The quantitative estimate of drug-likeness (QED) is 0.607. The number of nitro benzene ring substituents is 1. The van der Waals surface area contributed by atoms with Gasteiger partial charge in [-0.05, 0) is 23.8 Å². The predicted molar refractivity (Wildman–Crippen MR) is 78.1 cm³/mol. The number of sulfone groups is 1. The van der Waals surface area contributed by atoms with E-state index < -0.39 is 20.6 Å². The molecule has 0 heterocycles. The van der Waals surface area contributed by atoms with Crippen molar-refractivity contribution >= 4 is 31.5 Å². The standard InChI is InChI=1S/C13H9BrFNO4S/c14-13-7-11(16(17)18)5-4-9(13)8-21(19,20)12-3-1-2-10(15)6-12/h1-7H,8H2. The summed E-state index contributed by atoms with van der Waals surface area (Å²) in [6.07, 6.45) is 0. The highest BCUT2D eigenvalue weighted by Crippen LogP contribution is 2.26. The van der Waals surface area contributed by atoms with Crippen LogP contribution < -0.4 is 0 Å². The Morgan fingerprint density at radius 1 is 1.19 bits per heavy atom. The van der Waals surface area contributed by atoms with Crippen molar-refractivity contribution in [1.82, 2.24) is 0 Å². The van der Waals surface area contributed by atoms with Crippen LogP contribution in [0.4, 0.5) is 10.1 Å². The molecule has 0 aromatic heterocycles. The Morgan fingerprint density at radius 2 is 1.90 bits per heavy atom. The van der Waals surface area contributed by atoms with Crippen LogP contribution in [-0.2, 0) is 15.6 Å². The number of nitro groups is 1. The summed E-state index contributed by atoms with van der Waals surface area (Å²) >= 11 is 3.11. The van der Waals surface area contributed by atoms with E-state index in [2.05, 4.69) is 15.9 Å². The minimum absolute atomic E-state index is 0.132. The summed E-state index contributed by atoms with van der Waals surface area (Å²) in [7, 11) is -3.73. The molecule has 0 aliphatic carbocycles. The highest BCUT2D eigenvalue weighted by Gasteiger charge is 2.19. The van der Waals surface area contributed by atoms with Gasteiger partial charge in [0, 0.05) is 16.6 Å². The van der Waals surface area contributed by atoms with Crippen LogP contribution in [0, 0.1) is 15.9 Å². The van der Waals surface area contributed by atoms with Gasteiger partial charge in [-0.25, -0.2) is 12.8 Å². The number of hydrogen-bond acceptors (Lipinski definition) is 4. The molecule has 0 saturated carbocycles. The van der Waals surface area contributed by atoms with E-state index in [-0.39, 0.29) is 16.3 Å². The zero-order chi connectivity index (χ0) is 15.6. The molecular formula is C13H9BrFNO4S. The summed E-state index contributed by atoms with van der Waals surface area (Å²) < 4.78 is 37.8. The number of rotatable bonds is 4. The fraction of sp³-hybridized carbons (Fsp3) is 0.0769. The van der Waals surface area contributed by atoms with E-state index in [1.54, 1.807) is 0 Å². The normalized spacial score (nSPS) is 11.3. The SMILES string of the molecule is O=[N+]([O-])c1ccc(CS(=O)(=O)c2cccc(F)c2)c(Br)c1. The molecule has 0 bridgehead atoms. The average Bonchev–Trinajstić information content (AvgIpc) is 2.40. The van der Waals surface area contributed by atoms with Crippen molar-refractivity contribution in [2.75, 3.05) is 0 Å². The summed E-state index contributed by atoms with van der Waals surface area (Å²) in [5.41, 5.74) is 0.221.